The van der Waals surface area contributed by atoms with Crippen LogP contribution in [0.3, 0.4) is 0 Å². The molecule has 1 aliphatic rings. The van der Waals surface area contributed by atoms with Crippen molar-refractivity contribution < 1.29 is 17.9 Å². The average molecular weight is 451 g/mol. The molecule has 3 aromatic carbocycles. The van der Waals surface area contributed by atoms with E-state index in [9.17, 15) is 13.2 Å². The molecule has 166 valence electrons. The summed E-state index contributed by atoms with van der Waals surface area (Å²) in [5, 5.41) is 0. The first-order valence-corrected chi connectivity index (χ1v) is 12.1. The van der Waals surface area contributed by atoms with Crippen LogP contribution in [-0.2, 0) is 23.0 Å². The molecule has 1 N–H and O–H groups in total. The van der Waals surface area contributed by atoms with Crippen LogP contribution in [0.25, 0.3) is 0 Å². The van der Waals surface area contributed by atoms with Gasteiger partial charge in [0.2, 0.25) is 10.0 Å². The SMILES string of the molecule is CCOc1ccc(S(=O)(=O)NCc2ccc3c(c2)CCN3C(=O)c2cccc(C)c2)cc1. The van der Waals surface area contributed by atoms with Crippen LogP contribution < -0.4 is 14.4 Å². The molecule has 0 atom stereocenters. The third-order valence-corrected chi connectivity index (χ3v) is 6.88. The Morgan fingerprint density at radius 1 is 1.06 bits per heavy atom. The van der Waals surface area contributed by atoms with Gasteiger partial charge in [0.25, 0.3) is 5.91 Å². The van der Waals surface area contributed by atoms with Crippen molar-refractivity contribution in [1.29, 1.82) is 0 Å². The summed E-state index contributed by atoms with van der Waals surface area (Å²) in [6.07, 6.45) is 0.742. The first-order valence-electron chi connectivity index (χ1n) is 10.6. The maximum Gasteiger partial charge on any atom is 0.258 e. The lowest BCUT2D eigenvalue weighted by Gasteiger charge is -2.18. The molecule has 0 unspecified atom stereocenters. The van der Waals surface area contributed by atoms with Crippen molar-refractivity contribution in [2.45, 2.75) is 31.7 Å². The predicted molar refractivity (Wildman–Crippen MR) is 125 cm³/mol. The van der Waals surface area contributed by atoms with Gasteiger partial charge in [-0.15, -0.1) is 0 Å². The highest BCUT2D eigenvalue weighted by molar-refractivity contribution is 7.89. The van der Waals surface area contributed by atoms with Crippen LogP contribution in [0.1, 0.15) is 34.0 Å². The molecule has 3 aromatic rings. The Morgan fingerprint density at radius 3 is 2.56 bits per heavy atom. The Balaban J connectivity index is 1.45. The molecule has 0 bridgehead atoms. The van der Waals surface area contributed by atoms with Gasteiger partial charge in [0.05, 0.1) is 11.5 Å². The first kappa shape index (κ1) is 22.0. The Hall–Kier alpha value is -3.16. The first-order chi connectivity index (χ1) is 15.4. The van der Waals surface area contributed by atoms with Gasteiger partial charge in [0.1, 0.15) is 5.75 Å². The second-order valence-electron chi connectivity index (χ2n) is 7.77. The van der Waals surface area contributed by atoms with E-state index in [1.54, 1.807) is 17.0 Å². The Kier molecular flexibility index (Phi) is 6.30. The molecule has 0 aromatic heterocycles. The van der Waals surface area contributed by atoms with Crippen LogP contribution in [0.5, 0.6) is 5.75 Å². The Morgan fingerprint density at radius 2 is 1.84 bits per heavy atom. The summed E-state index contributed by atoms with van der Waals surface area (Å²) >= 11 is 0. The van der Waals surface area contributed by atoms with Crippen molar-refractivity contribution in [2.75, 3.05) is 18.1 Å². The lowest BCUT2D eigenvalue weighted by Crippen LogP contribution is -2.28. The van der Waals surface area contributed by atoms with Crippen LogP contribution in [-0.4, -0.2) is 27.5 Å². The fourth-order valence-electron chi connectivity index (χ4n) is 3.85. The molecule has 0 aliphatic carbocycles. The molecule has 1 heterocycles. The number of fused-ring (bicyclic) bond motifs is 1. The van der Waals surface area contributed by atoms with Gasteiger partial charge in [-0.25, -0.2) is 13.1 Å². The van der Waals surface area contributed by atoms with E-state index >= 15 is 0 Å². The largest absolute Gasteiger partial charge is 0.494 e. The summed E-state index contributed by atoms with van der Waals surface area (Å²) in [4.78, 5) is 14.9. The lowest BCUT2D eigenvalue weighted by atomic mass is 10.1. The molecular formula is C25H26N2O4S. The zero-order valence-electron chi connectivity index (χ0n) is 18.2. The summed E-state index contributed by atoms with van der Waals surface area (Å²) in [5.41, 5.74) is 4.50. The van der Waals surface area contributed by atoms with Crippen molar-refractivity contribution in [1.82, 2.24) is 4.72 Å². The number of nitrogens with one attached hydrogen (secondary N) is 1. The van der Waals surface area contributed by atoms with Crippen LogP contribution >= 0.6 is 0 Å². The monoisotopic (exact) mass is 450 g/mol. The Labute approximate surface area is 188 Å². The van der Waals surface area contributed by atoms with Crippen molar-refractivity contribution in [2.24, 2.45) is 0 Å². The second kappa shape index (κ2) is 9.14. The minimum absolute atomic E-state index is 0.0172. The fourth-order valence-corrected chi connectivity index (χ4v) is 4.87. The highest BCUT2D eigenvalue weighted by Crippen LogP contribution is 2.30. The lowest BCUT2D eigenvalue weighted by molar-refractivity contribution is 0.0989. The minimum Gasteiger partial charge on any atom is -0.494 e. The fraction of sp³-hybridized carbons (Fsp3) is 0.240. The molecule has 1 amide bonds. The van der Waals surface area contributed by atoms with Crippen molar-refractivity contribution >= 4 is 21.6 Å². The number of carbonyl (C=O) groups excluding carboxylic acids is 1. The maximum absolute atomic E-state index is 13.0. The number of sulfonamides is 1. The smallest absolute Gasteiger partial charge is 0.258 e. The molecule has 0 radical (unpaired) electrons. The van der Waals surface area contributed by atoms with Gasteiger partial charge >= 0.3 is 0 Å². The molecule has 7 heteroatoms. The van der Waals surface area contributed by atoms with Crippen molar-refractivity contribution in [3.63, 3.8) is 0 Å². The summed E-state index contributed by atoms with van der Waals surface area (Å²) < 4.78 is 33.3. The van der Waals surface area contributed by atoms with Gasteiger partial charge in [0, 0.05) is 24.3 Å². The van der Waals surface area contributed by atoms with E-state index in [-0.39, 0.29) is 17.3 Å². The number of carbonyl (C=O) groups is 1. The van der Waals surface area contributed by atoms with Gasteiger partial charge in [-0.2, -0.15) is 0 Å². The number of nitrogens with zero attached hydrogens (tertiary/aromatic N) is 1. The van der Waals surface area contributed by atoms with Crippen LogP contribution in [0.2, 0.25) is 0 Å². The topological polar surface area (TPSA) is 75.7 Å². The van der Waals surface area contributed by atoms with Gasteiger partial charge in [-0.3, -0.25) is 4.79 Å². The second-order valence-corrected chi connectivity index (χ2v) is 9.54. The van der Waals surface area contributed by atoms with E-state index in [1.807, 2.05) is 56.3 Å². The van der Waals surface area contributed by atoms with Crippen LogP contribution in [0.15, 0.2) is 71.6 Å². The van der Waals surface area contributed by atoms with Gasteiger partial charge in [0.15, 0.2) is 0 Å². The number of anilines is 1. The Bertz CT molecular complexity index is 1240. The minimum atomic E-state index is -3.64. The normalized spacial score (nSPS) is 13.1. The summed E-state index contributed by atoms with van der Waals surface area (Å²) in [6, 6.07) is 19.7. The van der Waals surface area contributed by atoms with Gasteiger partial charge in [-0.05, 0) is 73.9 Å². The van der Waals surface area contributed by atoms with E-state index in [4.69, 9.17) is 4.74 Å². The van der Waals surface area contributed by atoms with E-state index in [0.717, 1.165) is 28.8 Å². The maximum atomic E-state index is 13.0. The number of hydrogen-bond donors (Lipinski definition) is 1. The van der Waals surface area contributed by atoms with E-state index in [2.05, 4.69) is 4.72 Å². The number of rotatable bonds is 7. The third kappa shape index (κ3) is 4.69. The van der Waals surface area contributed by atoms with Crippen LogP contribution in [0, 0.1) is 6.92 Å². The molecular weight excluding hydrogens is 424 g/mol. The van der Waals surface area contributed by atoms with E-state index in [1.165, 1.54) is 12.1 Å². The molecule has 0 saturated carbocycles. The molecule has 6 nitrogen and oxygen atoms in total. The third-order valence-electron chi connectivity index (χ3n) is 5.46. The number of aryl methyl sites for hydroxylation is 1. The number of benzene rings is 3. The summed E-state index contributed by atoms with van der Waals surface area (Å²) in [7, 11) is -3.64. The van der Waals surface area contributed by atoms with Crippen LogP contribution in [0.4, 0.5) is 5.69 Å². The zero-order chi connectivity index (χ0) is 22.7. The van der Waals surface area contributed by atoms with Gasteiger partial charge in [-0.1, -0.05) is 29.8 Å². The average Bonchev–Trinajstić information content (AvgIpc) is 3.21. The number of ether oxygens (including phenoxy) is 1. The van der Waals surface area contributed by atoms with E-state index < -0.39 is 10.0 Å². The number of hydrogen-bond acceptors (Lipinski definition) is 4. The summed E-state index contributed by atoms with van der Waals surface area (Å²) in [6.45, 7) is 5.16. The molecule has 32 heavy (non-hydrogen) atoms. The quantitative estimate of drug-likeness (QED) is 0.589. The predicted octanol–water partition coefficient (Wildman–Crippen LogP) is 4.08. The number of amides is 1. The standard InChI is InChI=1S/C25H26N2O4S/c1-3-31-22-8-10-23(11-9-22)32(29,30)26-17-19-7-12-24-20(16-19)13-14-27(24)25(28)21-6-4-5-18(2)15-21/h4-12,15-16,26H,3,13-14,17H2,1-2H3. The molecule has 0 spiro atoms. The highest BCUT2D eigenvalue weighted by atomic mass is 32.2. The molecule has 0 saturated heterocycles. The molecule has 4 rings (SSSR count). The highest BCUT2D eigenvalue weighted by Gasteiger charge is 2.26. The zero-order valence-corrected chi connectivity index (χ0v) is 19.0. The van der Waals surface area contributed by atoms with E-state index in [0.29, 0.717) is 24.5 Å². The molecule has 0 fully saturated rings. The van der Waals surface area contributed by atoms with Crippen molar-refractivity contribution in [3.8, 4) is 5.75 Å². The van der Waals surface area contributed by atoms with Gasteiger partial charge < -0.3 is 9.64 Å². The van der Waals surface area contributed by atoms with Crippen molar-refractivity contribution in [3.05, 3.63) is 89.0 Å². The molecule has 1 aliphatic heterocycles. The summed E-state index contributed by atoms with van der Waals surface area (Å²) in [5.74, 6) is 0.617.